The Hall–Kier alpha value is -2.92. The molecule has 0 bridgehead atoms. The van der Waals surface area contributed by atoms with E-state index in [1.54, 1.807) is 0 Å². The minimum atomic E-state index is -4.15. The molecule has 0 saturated carbocycles. The highest BCUT2D eigenvalue weighted by atomic mass is 19.3. The normalized spacial score (nSPS) is 24.6. The van der Waals surface area contributed by atoms with E-state index in [1.165, 1.54) is 29.4 Å². The van der Waals surface area contributed by atoms with E-state index in [1.807, 2.05) is 0 Å². The molecule has 0 aliphatic carbocycles. The van der Waals surface area contributed by atoms with Crippen LogP contribution < -0.4 is 4.90 Å². The number of halogens is 3. The third kappa shape index (κ3) is 3.70. The lowest BCUT2D eigenvalue weighted by atomic mass is 10.00. The SMILES string of the molecule is O=C(c1ccon1)N1CCOCC2(C1)CN(c1ccc(F)cc1)C(=O)C(F)(F)O2. The van der Waals surface area contributed by atoms with Gasteiger partial charge in [0.25, 0.3) is 5.91 Å². The van der Waals surface area contributed by atoms with E-state index < -0.39 is 29.3 Å². The molecule has 154 valence electrons. The molecule has 2 amide bonds. The molecule has 0 radical (unpaired) electrons. The molecule has 2 aliphatic rings. The number of anilines is 1. The van der Waals surface area contributed by atoms with Gasteiger partial charge in [0.05, 0.1) is 26.3 Å². The first-order chi connectivity index (χ1) is 13.8. The van der Waals surface area contributed by atoms with Gasteiger partial charge in [0, 0.05) is 18.3 Å². The van der Waals surface area contributed by atoms with Gasteiger partial charge in [0.15, 0.2) is 5.69 Å². The largest absolute Gasteiger partial charge is 0.437 e. The number of ether oxygens (including phenoxy) is 2. The van der Waals surface area contributed by atoms with Crippen LogP contribution in [0, 0.1) is 5.82 Å². The second kappa shape index (κ2) is 7.16. The molecular weight excluding hydrogens is 395 g/mol. The van der Waals surface area contributed by atoms with Crippen molar-refractivity contribution in [3.8, 4) is 0 Å². The second-order valence-electron chi connectivity index (χ2n) is 6.83. The number of morpholine rings is 1. The highest BCUT2D eigenvalue weighted by Crippen LogP contribution is 2.37. The lowest BCUT2D eigenvalue weighted by Gasteiger charge is -2.45. The molecule has 3 heterocycles. The van der Waals surface area contributed by atoms with Gasteiger partial charge < -0.3 is 19.1 Å². The summed E-state index contributed by atoms with van der Waals surface area (Å²) in [5.74, 6) is -2.69. The average Bonchev–Trinajstić information content (AvgIpc) is 3.14. The van der Waals surface area contributed by atoms with Crippen LogP contribution >= 0.6 is 0 Å². The van der Waals surface area contributed by atoms with E-state index in [0.29, 0.717) is 0 Å². The van der Waals surface area contributed by atoms with Crippen molar-refractivity contribution >= 4 is 17.5 Å². The first kappa shape index (κ1) is 19.4. The number of hydrogen-bond acceptors (Lipinski definition) is 6. The number of carbonyl (C=O) groups is 2. The van der Waals surface area contributed by atoms with Gasteiger partial charge in [-0.15, -0.1) is 0 Å². The predicted octanol–water partition coefficient (Wildman–Crippen LogP) is 1.68. The van der Waals surface area contributed by atoms with Crippen molar-refractivity contribution in [3.05, 3.63) is 48.1 Å². The Bertz CT molecular complexity index is 906. The van der Waals surface area contributed by atoms with Gasteiger partial charge in [-0.05, 0) is 24.3 Å². The summed E-state index contributed by atoms with van der Waals surface area (Å²) in [7, 11) is 0. The molecule has 2 aliphatic heterocycles. The van der Waals surface area contributed by atoms with Gasteiger partial charge >= 0.3 is 12.0 Å². The highest BCUT2D eigenvalue weighted by Gasteiger charge is 2.58. The Morgan fingerprint density at radius 1 is 1.14 bits per heavy atom. The Morgan fingerprint density at radius 2 is 1.90 bits per heavy atom. The number of alkyl halides is 2. The van der Waals surface area contributed by atoms with E-state index in [9.17, 15) is 22.8 Å². The number of hydrogen-bond donors (Lipinski definition) is 0. The monoisotopic (exact) mass is 411 g/mol. The molecule has 1 unspecified atom stereocenters. The molecule has 2 saturated heterocycles. The summed E-state index contributed by atoms with van der Waals surface area (Å²) in [6.07, 6.45) is -2.93. The Labute approximate surface area is 162 Å². The zero-order valence-corrected chi connectivity index (χ0v) is 15.0. The summed E-state index contributed by atoms with van der Waals surface area (Å²) < 4.78 is 57.2. The van der Waals surface area contributed by atoms with E-state index in [0.717, 1.165) is 17.0 Å². The van der Waals surface area contributed by atoms with Crippen LogP contribution in [0.25, 0.3) is 0 Å². The van der Waals surface area contributed by atoms with Crippen molar-refractivity contribution in [2.24, 2.45) is 0 Å². The maximum atomic E-state index is 14.5. The summed E-state index contributed by atoms with van der Waals surface area (Å²) in [5, 5.41) is 3.57. The van der Waals surface area contributed by atoms with Crippen LogP contribution in [0.1, 0.15) is 10.5 Å². The van der Waals surface area contributed by atoms with Crippen molar-refractivity contribution in [1.29, 1.82) is 0 Å². The fraction of sp³-hybridized carbons (Fsp3) is 0.389. The number of rotatable bonds is 2. The van der Waals surface area contributed by atoms with Crippen LogP contribution in [0.15, 0.2) is 41.1 Å². The molecule has 1 aromatic heterocycles. The maximum absolute atomic E-state index is 14.5. The molecule has 4 rings (SSSR count). The summed E-state index contributed by atoms with van der Waals surface area (Å²) in [5.41, 5.74) is -1.60. The van der Waals surface area contributed by atoms with Gasteiger partial charge in [-0.2, -0.15) is 8.78 Å². The maximum Gasteiger partial charge on any atom is 0.437 e. The molecule has 1 atom stereocenters. The molecule has 1 spiro atoms. The molecule has 2 fully saturated rings. The minimum Gasteiger partial charge on any atom is -0.376 e. The lowest BCUT2D eigenvalue weighted by Crippen LogP contribution is -2.66. The van der Waals surface area contributed by atoms with Crippen LogP contribution in [0.4, 0.5) is 18.9 Å². The summed E-state index contributed by atoms with van der Waals surface area (Å²) in [6, 6.07) is 5.92. The van der Waals surface area contributed by atoms with Crippen LogP contribution in [0.5, 0.6) is 0 Å². The number of carbonyl (C=O) groups excluding carboxylic acids is 2. The number of aromatic nitrogens is 1. The van der Waals surface area contributed by atoms with Crippen LogP contribution in [0.3, 0.4) is 0 Å². The topological polar surface area (TPSA) is 85.1 Å². The predicted molar refractivity (Wildman–Crippen MR) is 90.7 cm³/mol. The van der Waals surface area contributed by atoms with Gasteiger partial charge in [0.2, 0.25) is 0 Å². The molecule has 8 nitrogen and oxygen atoms in total. The van der Waals surface area contributed by atoms with Gasteiger partial charge in [-0.25, -0.2) is 4.39 Å². The van der Waals surface area contributed by atoms with Crippen molar-refractivity contribution in [2.75, 3.05) is 37.7 Å². The third-order valence-electron chi connectivity index (χ3n) is 4.72. The standard InChI is InChI=1S/C18H16F3N3O5/c19-12-1-3-13(4-2-12)24-10-17(29-18(20,21)16(24)26)9-23(6-8-27-11-17)15(25)14-5-7-28-22-14/h1-5,7H,6,8-11H2. The molecule has 0 N–H and O–H groups in total. The van der Waals surface area contributed by atoms with Crippen LogP contribution in [0.2, 0.25) is 0 Å². The molecular formula is C18H16F3N3O5. The van der Waals surface area contributed by atoms with Gasteiger partial charge in [-0.1, -0.05) is 5.16 Å². The average molecular weight is 411 g/mol. The van der Waals surface area contributed by atoms with E-state index in [4.69, 9.17) is 9.47 Å². The van der Waals surface area contributed by atoms with Crippen molar-refractivity contribution in [2.45, 2.75) is 11.7 Å². The number of amides is 2. The van der Waals surface area contributed by atoms with Crippen LogP contribution in [-0.4, -0.2) is 66.4 Å². The number of benzene rings is 1. The van der Waals surface area contributed by atoms with Crippen LogP contribution in [-0.2, 0) is 14.3 Å². The quantitative estimate of drug-likeness (QED) is 0.748. The van der Waals surface area contributed by atoms with E-state index in [2.05, 4.69) is 9.68 Å². The summed E-state index contributed by atoms with van der Waals surface area (Å²) >= 11 is 0. The fourth-order valence-corrected chi connectivity index (χ4v) is 3.42. The van der Waals surface area contributed by atoms with Gasteiger partial charge in [-0.3, -0.25) is 14.3 Å². The smallest absolute Gasteiger partial charge is 0.376 e. The Balaban J connectivity index is 1.66. The zero-order valence-electron chi connectivity index (χ0n) is 15.0. The summed E-state index contributed by atoms with van der Waals surface area (Å²) in [6.45, 7) is -0.636. The first-order valence-corrected chi connectivity index (χ1v) is 8.73. The molecule has 11 heteroatoms. The molecule has 29 heavy (non-hydrogen) atoms. The second-order valence-corrected chi connectivity index (χ2v) is 6.83. The first-order valence-electron chi connectivity index (χ1n) is 8.73. The van der Waals surface area contributed by atoms with Gasteiger partial charge in [0.1, 0.15) is 17.7 Å². The highest BCUT2D eigenvalue weighted by molar-refractivity contribution is 5.98. The molecule has 1 aromatic carbocycles. The Morgan fingerprint density at radius 3 is 2.59 bits per heavy atom. The van der Waals surface area contributed by atoms with E-state index in [-0.39, 0.29) is 44.2 Å². The van der Waals surface area contributed by atoms with Crippen molar-refractivity contribution in [1.82, 2.24) is 10.1 Å². The van der Waals surface area contributed by atoms with E-state index >= 15 is 0 Å². The minimum absolute atomic E-state index is 0.0103. The Kier molecular flexibility index (Phi) is 4.79. The summed E-state index contributed by atoms with van der Waals surface area (Å²) in [4.78, 5) is 27.0. The lowest BCUT2D eigenvalue weighted by molar-refractivity contribution is -0.293. The number of nitrogens with zero attached hydrogens (tertiary/aromatic N) is 3. The molecule has 2 aromatic rings. The zero-order chi connectivity index (χ0) is 20.6. The third-order valence-corrected chi connectivity index (χ3v) is 4.72. The fourth-order valence-electron chi connectivity index (χ4n) is 3.42. The van der Waals surface area contributed by atoms with Crippen molar-refractivity contribution in [3.63, 3.8) is 0 Å². The van der Waals surface area contributed by atoms with Crippen molar-refractivity contribution < 1.29 is 36.8 Å².